The SMILES string of the molecule is CC/C=C/C[C@@H](O)CCO[Si](c1ccccc1)(c1ccccc1)C(C)(C)C. The Hall–Kier alpha value is -1.68. The van der Waals surface area contributed by atoms with Crippen molar-refractivity contribution in [3.05, 3.63) is 72.8 Å². The number of aliphatic hydroxyl groups is 1. The van der Waals surface area contributed by atoms with Gasteiger partial charge in [-0.2, -0.15) is 0 Å². The van der Waals surface area contributed by atoms with Crippen LogP contribution in [0.15, 0.2) is 72.8 Å². The maximum Gasteiger partial charge on any atom is 0.261 e. The Morgan fingerprint density at radius 1 is 0.926 bits per heavy atom. The predicted octanol–water partition coefficient (Wildman–Crippen LogP) is 4.67. The van der Waals surface area contributed by atoms with Gasteiger partial charge in [0.1, 0.15) is 0 Å². The largest absolute Gasteiger partial charge is 0.407 e. The van der Waals surface area contributed by atoms with Crippen LogP contribution in [0.3, 0.4) is 0 Å². The molecule has 0 radical (unpaired) electrons. The second-order valence-corrected chi connectivity index (χ2v) is 12.4. The average molecular weight is 383 g/mol. The van der Waals surface area contributed by atoms with Gasteiger partial charge >= 0.3 is 0 Å². The molecule has 2 aromatic rings. The average Bonchev–Trinajstić information content (AvgIpc) is 2.66. The van der Waals surface area contributed by atoms with Gasteiger partial charge in [0, 0.05) is 6.61 Å². The number of hydrogen-bond acceptors (Lipinski definition) is 2. The standard InChI is InChI=1S/C24H34O2Si/c1-5-6-9-14-21(25)19-20-26-27(24(2,3)4,22-15-10-7-11-16-22)23-17-12-8-13-18-23/h6-13,15-18,21,25H,5,14,19-20H2,1-4H3/b9-6+/t21-/m1/s1. The summed E-state index contributed by atoms with van der Waals surface area (Å²) in [4.78, 5) is 0. The van der Waals surface area contributed by atoms with E-state index < -0.39 is 8.32 Å². The lowest BCUT2D eigenvalue weighted by Crippen LogP contribution is -2.66. The first-order chi connectivity index (χ1) is 12.9. The van der Waals surface area contributed by atoms with Crippen LogP contribution < -0.4 is 10.4 Å². The van der Waals surface area contributed by atoms with Gasteiger partial charge in [-0.15, -0.1) is 0 Å². The smallest absolute Gasteiger partial charge is 0.261 e. The Labute approximate surface area is 166 Å². The molecule has 3 heteroatoms. The summed E-state index contributed by atoms with van der Waals surface area (Å²) in [7, 11) is -2.48. The highest BCUT2D eigenvalue weighted by atomic mass is 28.4. The van der Waals surface area contributed by atoms with E-state index in [0.29, 0.717) is 19.4 Å². The van der Waals surface area contributed by atoms with Crippen LogP contribution in [-0.2, 0) is 4.43 Å². The van der Waals surface area contributed by atoms with E-state index in [1.54, 1.807) is 0 Å². The van der Waals surface area contributed by atoms with E-state index in [4.69, 9.17) is 4.43 Å². The highest BCUT2D eigenvalue weighted by Crippen LogP contribution is 2.36. The molecule has 2 rings (SSSR count). The van der Waals surface area contributed by atoms with Crippen LogP contribution in [0.1, 0.15) is 47.0 Å². The normalized spacial score (nSPS) is 13.8. The van der Waals surface area contributed by atoms with Crippen LogP contribution in [0.25, 0.3) is 0 Å². The molecular formula is C24H34O2Si. The van der Waals surface area contributed by atoms with E-state index in [2.05, 4.69) is 101 Å². The molecule has 0 spiro atoms. The molecule has 146 valence electrons. The molecule has 2 nitrogen and oxygen atoms in total. The summed E-state index contributed by atoms with van der Waals surface area (Å²) in [6, 6.07) is 21.3. The Morgan fingerprint density at radius 2 is 1.44 bits per heavy atom. The zero-order valence-electron chi connectivity index (χ0n) is 17.2. The van der Waals surface area contributed by atoms with E-state index >= 15 is 0 Å². The highest BCUT2D eigenvalue weighted by Gasteiger charge is 2.49. The minimum absolute atomic E-state index is 0.0250. The molecule has 27 heavy (non-hydrogen) atoms. The third-order valence-corrected chi connectivity index (χ3v) is 10.0. The molecule has 2 aromatic carbocycles. The van der Waals surface area contributed by atoms with Crippen LogP contribution in [0.5, 0.6) is 0 Å². The summed E-state index contributed by atoms with van der Waals surface area (Å²) in [5.41, 5.74) is 0. The zero-order valence-corrected chi connectivity index (χ0v) is 18.2. The van der Waals surface area contributed by atoms with Crippen LogP contribution in [0.2, 0.25) is 5.04 Å². The molecule has 0 unspecified atom stereocenters. The summed E-state index contributed by atoms with van der Waals surface area (Å²) < 4.78 is 6.80. The third kappa shape index (κ3) is 5.41. The fourth-order valence-electron chi connectivity index (χ4n) is 3.65. The lowest BCUT2D eigenvalue weighted by Gasteiger charge is -2.43. The van der Waals surface area contributed by atoms with Gasteiger partial charge in [-0.1, -0.05) is 101 Å². The van der Waals surface area contributed by atoms with E-state index in [1.165, 1.54) is 10.4 Å². The van der Waals surface area contributed by atoms with Gasteiger partial charge in [0.2, 0.25) is 0 Å². The molecule has 0 aromatic heterocycles. The molecular weight excluding hydrogens is 348 g/mol. The van der Waals surface area contributed by atoms with Gasteiger partial charge in [-0.05, 0) is 34.7 Å². The van der Waals surface area contributed by atoms with E-state index in [9.17, 15) is 5.11 Å². The zero-order chi connectivity index (χ0) is 19.8. The van der Waals surface area contributed by atoms with Gasteiger partial charge in [0.15, 0.2) is 0 Å². The quantitative estimate of drug-likeness (QED) is 0.504. The van der Waals surface area contributed by atoms with Gasteiger partial charge in [-0.25, -0.2) is 0 Å². The predicted molar refractivity (Wildman–Crippen MR) is 118 cm³/mol. The second-order valence-electron chi connectivity index (χ2n) is 8.07. The van der Waals surface area contributed by atoms with Crippen LogP contribution in [0.4, 0.5) is 0 Å². The summed E-state index contributed by atoms with van der Waals surface area (Å²) in [5.74, 6) is 0. The van der Waals surface area contributed by atoms with Crippen molar-refractivity contribution in [2.75, 3.05) is 6.61 Å². The molecule has 1 N–H and O–H groups in total. The van der Waals surface area contributed by atoms with E-state index in [0.717, 1.165) is 6.42 Å². The number of hydrogen-bond donors (Lipinski definition) is 1. The number of allylic oxidation sites excluding steroid dienone is 1. The Bertz CT molecular complexity index is 650. The number of rotatable bonds is 9. The summed E-state index contributed by atoms with van der Waals surface area (Å²) in [5, 5.41) is 12.8. The Kier molecular flexibility index (Phi) is 8.02. The molecule has 0 aliphatic heterocycles. The minimum Gasteiger partial charge on any atom is -0.407 e. The van der Waals surface area contributed by atoms with Crippen LogP contribution in [0, 0.1) is 0 Å². The summed E-state index contributed by atoms with van der Waals surface area (Å²) in [6.45, 7) is 9.50. The van der Waals surface area contributed by atoms with Crippen molar-refractivity contribution in [2.45, 2.75) is 58.1 Å². The molecule has 0 bridgehead atoms. The van der Waals surface area contributed by atoms with Crippen molar-refractivity contribution in [1.82, 2.24) is 0 Å². The second kappa shape index (κ2) is 10.0. The Balaban J connectivity index is 2.31. The molecule has 1 atom stereocenters. The maximum atomic E-state index is 10.3. The molecule has 0 aliphatic carbocycles. The molecule has 0 heterocycles. The Morgan fingerprint density at radius 3 is 1.89 bits per heavy atom. The van der Waals surface area contributed by atoms with Crippen LogP contribution >= 0.6 is 0 Å². The summed E-state index contributed by atoms with van der Waals surface area (Å²) in [6.07, 6.45) is 6.16. The third-order valence-electron chi connectivity index (χ3n) is 5.00. The number of aliphatic hydroxyl groups excluding tert-OH is 1. The number of benzene rings is 2. The van der Waals surface area contributed by atoms with Gasteiger partial charge in [-0.3, -0.25) is 0 Å². The summed E-state index contributed by atoms with van der Waals surface area (Å²) >= 11 is 0. The molecule has 0 aliphatic rings. The monoisotopic (exact) mass is 382 g/mol. The maximum absolute atomic E-state index is 10.3. The molecule has 0 fully saturated rings. The van der Waals surface area contributed by atoms with Crippen molar-refractivity contribution < 1.29 is 9.53 Å². The van der Waals surface area contributed by atoms with E-state index in [1.807, 2.05) is 0 Å². The first-order valence-electron chi connectivity index (χ1n) is 10.00. The van der Waals surface area contributed by atoms with Crippen molar-refractivity contribution in [3.8, 4) is 0 Å². The molecule has 0 amide bonds. The van der Waals surface area contributed by atoms with Crippen molar-refractivity contribution in [2.24, 2.45) is 0 Å². The fourth-order valence-corrected chi connectivity index (χ4v) is 8.23. The topological polar surface area (TPSA) is 29.5 Å². The lowest BCUT2D eigenvalue weighted by atomic mass is 10.2. The minimum atomic E-state index is -2.48. The molecule has 0 saturated carbocycles. The lowest BCUT2D eigenvalue weighted by molar-refractivity contribution is 0.139. The van der Waals surface area contributed by atoms with Gasteiger partial charge in [0.05, 0.1) is 6.10 Å². The van der Waals surface area contributed by atoms with Crippen molar-refractivity contribution in [1.29, 1.82) is 0 Å². The first kappa shape index (κ1) is 21.6. The first-order valence-corrected chi connectivity index (χ1v) is 11.9. The highest BCUT2D eigenvalue weighted by molar-refractivity contribution is 6.99. The van der Waals surface area contributed by atoms with Crippen molar-refractivity contribution >= 4 is 18.7 Å². The van der Waals surface area contributed by atoms with Gasteiger partial charge < -0.3 is 9.53 Å². The van der Waals surface area contributed by atoms with Crippen molar-refractivity contribution in [3.63, 3.8) is 0 Å². The van der Waals surface area contributed by atoms with E-state index in [-0.39, 0.29) is 11.1 Å². The van der Waals surface area contributed by atoms with Crippen LogP contribution in [-0.4, -0.2) is 26.1 Å². The fraction of sp³-hybridized carbons (Fsp3) is 0.417. The van der Waals surface area contributed by atoms with Gasteiger partial charge in [0.25, 0.3) is 8.32 Å². The molecule has 0 saturated heterocycles.